The SMILES string of the molecule is COc1ccc([C@H](c2cccs2)N2CCNCC2)cc1O. The molecule has 1 saturated heterocycles. The van der Waals surface area contributed by atoms with E-state index in [-0.39, 0.29) is 11.8 Å². The molecular weight excluding hydrogens is 284 g/mol. The van der Waals surface area contributed by atoms with E-state index in [1.54, 1.807) is 18.4 Å². The maximum Gasteiger partial charge on any atom is 0.160 e. The minimum atomic E-state index is 0.198. The number of phenolic OH excluding ortho intramolecular Hbond substituents is 1. The van der Waals surface area contributed by atoms with Gasteiger partial charge in [0.1, 0.15) is 0 Å². The van der Waals surface area contributed by atoms with Crippen LogP contribution in [-0.4, -0.2) is 43.3 Å². The number of benzene rings is 1. The Hall–Kier alpha value is -1.56. The van der Waals surface area contributed by atoms with Gasteiger partial charge in [-0.15, -0.1) is 11.3 Å². The summed E-state index contributed by atoms with van der Waals surface area (Å²) >= 11 is 1.76. The van der Waals surface area contributed by atoms with Gasteiger partial charge >= 0.3 is 0 Å². The molecule has 21 heavy (non-hydrogen) atoms. The van der Waals surface area contributed by atoms with Crippen LogP contribution in [0.4, 0.5) is 0 Å². The van der Waals surface area contributed by atoms with E-state index in [2.05, 4.69) is 27.7 Å². The summed E-state index contributed by atoms with van der Waals surface area (Å²) in [7, 11) is 1.57. The minimum Gasteiger partial charge on any atom is -0.504 e. The molecule has 5 heteroatoms. The number of phenols is 1. The van der Waals surface area contributed by atoms with Gasteiger partial charge in [0, 0.05) is 31.1 Å². The lowest BCUT2D eigenvalue weighted by molar-refractivity contribution is 0.200. The van der Waals surface area contributed by atoms with Crippen molar-refractivity contribution >= 4 is 11.3 Å². The maximum atomic E-state index is 10.1. The van der Waals surface area contributed by atoms with Gasteiger partial charge in [0.05, 0.1) is 13.2 Å². The Bertz CT molecular complexity index is 580. The van der Waals surface area contributed by atoms with Crippen molar-refractivity contribution in [1.29, 1.82) is 0 Å². The van der Waals surface area contributed by atoms with Crippen LogP contribution < -0.4 is 10.1 Å². The third kappa shape index (κ3) is 3.05. The molecule has 1 aliphatic heterocycles. The molecule has 2 heterocycles. The molecule has 2 aromatic rings. The molecule has 0 radical (unpaired) electrons. The van der Waals surface area contributed by atoms with Crippen molar-refractivity contribution in [2.24, 2.45) is 0 Å². The average Bonchev–Trinajstić information content (AvgIpc) is 3.03. The number of piperazine rings is 1. The number of nitrogens with zero attached hydrogens (tertiary/aromatic N) is 1. The molecule has 1 fully saturated rings. The van der Waals surface area contributed by atoms with Crippen molar-refractivity contribution in [3.8, 4) is 11.5 Å². The summed E-state index contributed by atoms with van der Waals surface area (Å²) in [6.07, 6.45) is 0. The summed E-state index contributed by atoms with van der Waals surface area (Å²) in [5, 5.41) is 15.6. The van der Waals surface area contributed by atoms with Crippen LogP contribution in [0.3, 0.4) is 0 Å². The summed E-state index contributed by atoms with van der Waals surface area (Å²) in [4.78, 5) is 3.77. The normalized spacial score (nSPS) is 17.6. The van der Waals surface area contributed by atoms with E-state index in [0.29, 0.717) is 5.75 Å². The Morgan fingerprint density at radius 3 is 2.71 bits per heavy atom. The Labute approximate surface area is 129 Å². The Morgan fingerprint density at radius 2 is 2.10 bits per heavy atom. The number of hydrogen-bond acceptors (Lipinski definition) is 5. The first-order valence-electron chi connectivity index (χ1n) is 7.14. The molecule has 0 amide bonds. The second-order valence-corrected chi connectivity index (χ2v) is 6.11. The summed E-state index contributed by atoms with van der Waals surface area (Å²) < 4.78 is 5.14. The van der Waals surface area contributed by atoms with Gasteiger partial charge in [-0.1, -0.05) is 12.1 Å². The predicted octanol–water partition coefficient (Wildman–Crippen LogP) is 2.46. The molecule has 1 aromatic carbocycles. The lowest BCUT2D eigenvalue weighted by Gasteiger charge is -2.34. The van der Waals surface area contributed by atoms with Crippen molar-refractivity contribution in [3.05, 3.63) is 46.2 Å². The van der Waals surface area contributed by atoms with E-state index in [4.69, 9.17) is 4.74 Å². The van der Waals surface area contributed by atoms with Crippen molar-refractivity contribution in [3.63, 3.8) is 0 Å². The molecule has 0 bridgehead atoms. The van der Waals surface area contributed by atoms with E-state index in [1.807, 2.05) is 18.2 Å². The molecule has 4 nitrogen and oxygen atoms in total. The van der Waals surface area contributed by atoms with Gasteiger partial charge in [-0.25, -0.2) is 0 Å². The highest BCUT2D eigenvalue weighted by atomic mass is 32.1. The van der Waals surface area contributed by atoms with Crippen molar-refractivity contribution < 1.29 is 9.84 Å². The zero-order chi connectivity index (χ0) is 14.7. The molecule has 112 valence electrons. The Kier molecular flexibility index (Phi) is 4.43. The molecule has 0 unspecified atom stereocenters. The number of hydrogen-bond donors (Lipinski definition) is 2. The predicted molar refractivity (Wildman–Crippen MR) is 85.3 cm³/mol. The molecule has 1 aromatic heterocycles. The fraction of sp³-hybridized carbons (Fsp3) is 0.375. The van der Waals surface area contributed by atoms with Gasteiger partial charge in [0.2, 0.25) is 0 Å². The highest BCUT2D eigenvalue weighted by Gasteiger charge is 2.25. The highest BCUT2D eigenvalue weighted by Crippen LogP contribution is 2.36. The molecule has 0 spiro atoms. The van der Waals surface area contributed by atoms with Crippen LogP contribution in [0.2, 0.25) is 0 Å². The van der Waals surface area contributed by atoms with Crippen molar-refractivity contribution in [2.45, 2.75) is 6.04 Å². The van der Waals surface area contributed by atoms with Gasteiger partial charge in [-0.2, -0.15) is 0 Å². The van der Waals surface area contributed by atoms with Crippen LogP contribution in [0.25, 0.3) is 0 Å². The molecule has 0 saturated carbocycles. The number of nitrogens with one attached hydrogen (secondary N) is 1. The summed E-state index contributed by atoms with van der Waals surface area (Å²) in [5.74, 6) is 0.718. The zero-order valence-electron chi connectivity index (χ0n) is 12.1. The quantitative estimate of drug-likeness (QED) is 0.911. The Balaban J connectivity index is 1.96. The van der Waals surface area contributed by atoms with E-state index in [0.717, 1.165) is 31.7 Å². The molecule has 0 aliphatic carbocycles. The minimum absolute atomic E-state index is 0.198. The van der Waals surface area contributed by atoms with Gasteiger partial charge in [-0.05, 0) is 29.1 Å². The third-order valence-corrected chi connectivity index (χ3v) is 4.77. The number of methoxy groups -OCH3 is 1. The van der Waals surface area contributed by atoms with Crippen molar-refractivity contribution in [2.75, 3.05) is 33.3 Å². The monoisotopic (exact) mass is 304 g/mol. The number of aromatic hydroxyl groups is 1. The fourth-order valence-corrected chi connectivity index (χ4v) is 3.70. The van der Waals surface area contributed by atoms with Gasteiger partial charge < -0.3 is 15.2 Å². The molecule has 3 rings (SSSR count). The van der Waals surface area contributed by atoms with Crippen LogP contribution in [0.1, 0.15) is 16.5 Å². The molecule has 1 atom stereocenters. The standard InChI is InChI=1S/C16H20N2O2S/c1-20-14-5-4-12(11-13(14)19)16(15-3-2-10-21-15)18-8-6-17-7-9-18/h2-5,10-11,16-17,19H,6-9H2,1H3/t16-/m1/s1. The largest absolute Gasteiger partial charge is 0.504 e. The topological polar surface area (TPSA) is 44.7 Å². The van der Waals surface area contributed by atoms with Gasteiger partial charge in [0.15, 0.2) is 11.5 Å². The second kappa shape index (κ2) is 6.47. The van der Waals surface area contributed by atoms with Crippen LogP contribution in [0.5, 0.6) is 11.5 Å². The smallest absolute Gasteiger partial charge is 0.160 e. The third-order valence-electron chi connectivity index (χ3n) is 3.85. The van der Waals surface area contributed by atoms with E-state index < -0.39 is 0 Å². The molecule has 2 N–H and O–H groups in total. The van der Waals surface area contributed by atoms with Crippen LogP contribution in [0.15, 0.2) is 35.7 Å². The highest BCUT2D eigenvalue weighted by molar-refractivity contribution is 7.10. The number of thiophene rings is 1. The first-order chi connectivity index (χ1) is 10.3. The van der Waals surface area contributed by atoms with E-state index in [1.165, 1.54) is 4.88 Å². The van der Waals surface area contributed by atoms with Crippen LogP contribution in [0, 0.1) is 0 Å². The average molecular weight is 304 g/mol. The summed E-state index contributed by atoms with van der Waals surface area (Å²) in [6, 6.07) is 10.2. The lowest BCUT2D eigenvalue weighted by Crippen LogP contribution is -2.45. The number of ether oxygens (including phenoxy) is 1. The molecule has 1 aliphatic rings. The van der Waals surface area contributed by atoms with Crippen LogP contribution in [-0.2, 0) is 0 Å². The summed E-state index contributed by atoms with van der Waals surface area (Å²) in [5.41, 5.74) is 1.11. The van der Waals surface area contributed by atoms with E-state index in [9.17, 15) is 5.11 Å². The van der Waals surface area contributed by atoms with Gasteiger partial charge in [-0.3, -0.25) is 4.90 Å². The number of rotatable bonds is 4. The first kappa shape index (κ1) is 14.4. The first-order valence-corrected chi connectivity index (χ1v) is 8.02. The fourth-order valence-electron chi connectivity index (χ4n) is 2.82. The second-order valence-electron chi connectivity index (χ2n) is 5.14. The Morgan fingerprint density at radius 1 is 1.29 bits per heavy atom. The van der Waals surface area contributed by atoms with Gasteiger partial charge in [0.25, 0.3) is 0 Å². The lowest BCUT2D eigenvalue weighted by atomic mass is 10.0. The van der Waals surface area contributed by atoms with E-state index >= 15 is 0 Å². The molecular formula is C16H20N2O2S. The van der Waals surface area contributed by atoms with Crippen LogP contribution >= 0.6 is 11.3 Å². The van der Waals surface area contributed by atoms with Crippen molar-refractivity contribution in [1.82, 2.24) is 10.2 Å². The maximum absolute atomic E-state index is 10.1. The summed E-state index contributed by atoms with van der Waals surface area (Å²) in [6.45, 7) is 4.03. The zero-order valence-corrected chi connectivity index (χ0v) is 12.9.